The Balaban J connectivity index is 4.47. The number of methoxy groups -OCH3 is 1. The largest absolute Gasteiger partial charge is 0.382 e. The van der Waals surface area contributed by atoms with Gasteiger partial charge >= 0.3 is 0 Å². The second-order valence-corrected chi connectivity index (χ2v) is 4.89. The Morgan fingerprint density at radius 1 is 1.40 bits per heavy atom. The van der Waals surface area contributed by atoms with Crippen LogP contribution in [0.3, 0.4) is 0 Å². The second kappa shape index (κ2) is 5.47. The van der Waals surface area contributed by atoms with Crippen molar-refractivity contribution in [2.75, 3.05) is 20.3 Å². The van der Waals surface area contributed by atoms with E-state index in [1.54, 1.807) is 7.11 Å². The molecule has 0 rings (SSSR count). The van der Waals surface area contributed by atoms with Crippen LogP contribution in [0.15, 0.2) is 0 Å². The first-order valence-electron chi connectivity index (χ1n) is 5.33. The molecule has 0 bridgehead atoms. The number of nitrogens with two attached hydrogens (primary N) is 1. The summed E-state index contributed by atoms with van der Waals surface area (Å²) in [6.45, 7) is 8.56. The van der Waals surface area contributed by atoms with Gasteiger partial charge in [0.05, 0.1) is 17.6 Å². The second-order valence-electron chi connectivity index (χ2n) is 4.89. The molecule has 15 heavy (non-hydrogen) atoms. The molecule has 0 heterocycles. The van der Waals surface area contributed by atoms with Crippen molar-refractivity contribution < 1.29 is 9.53 Å². The molecule has 3 N–H and O–H groups in total. The SMILES string of the molecule is CCC(C)(CN)C(=O)NC(C)(C)COC. The molecule has 0 saturated carbocycles. The van der Waals surface area contributed by atoms with Crippen LogP contribution in [-0.4, -0.2) is 31.7 Å². The fourth-order valence-electron chi connectivity index (χ4n) is 1.25. The third kappa shape index (κ3) is 4.18. The molecule has 0 aliphatic carbocycles. The highest BCUT2D eigenvalue weighted by molar-refractivity contribution is 5.83. The predicted molar refractivity (Wildman–Crippen MR) is 61.6 cm³/mol. The summed E-state index contributed by atoms with van der Waals surface area (Å²) >= 11 is 0. The Morgan fingerprint density at radius 2 is 1.93 bits per heavy atom. The van der Waals surface area contributed by atoms with E-state index in [1.807, 2.05) is 27.7 Å². The van der Waals surface area contributed by atoms with E-state index in [2.05, 4.69) is 5.32 Å². The lowest BCUT2D eigenvalue weighted by molar-refractivity contribution is -0.132. The monoisotopic (exact) mass is 216 g/mol. The maximum absolute atomic E-state index is 12.0. The highest BCUT2D eigenvalue weighted by Gasteiger charge is 2.33. The number of amides is 1. The standard InChI is InChI=1S/C11H24N2O2/c1-6-11(4,7-12)9(14)13-10(2,3)8-15-5/h6-8,12H2,1-5H3,(H,13,14). The van der Waals surface area contributed by atoms with Crippen LogP contribution in [-0.2, 0) is 9.53 Å². The van der Waals surface area contributed by atoms with Crippen molar-refractivity contribution in [3.63, 3.8) is 0 Å². The molecular weight excluding hydrogens is 192 g/mol. The van der Waals surface area contributed by atoms with Crippen LogP contribution in [0, 0.1) is 5.41 Å². The van der Waals surface area contributed by atoms with E-state index in [9.17, 15) is 4.79 Å². The van der Waals surface area contributed by atoms with Crippen LogP contribution in [0.25, 0.3) is 0 Å². The van der Waals surface area contributed by atoms with Crippen molar-refractivity contribution >= 4 is 5.91 Å². The van der Waals surface area contributed by atoms with Gasteiger partial charge in [-0.3, -0.25) is 4.79 Å². The van der Waals surface area contributed by atoms with E-state index >= 15 is 0 Å². The molecule has 0 aromatic heterocycles. The number of nitrogens with one attached hydrogen (secondary N) is 1. The molecule has 1 unspecified atom stereocenters. The summed E-state index contributed by atoms with van der Waals surface area (Å²) in [4.78, 5) is 12.0. The zero-order valence-corrected chi connectivity index (χ0v) is 10.5. The number of carbonyl (C=O) groups is 1. The van der Waals surface area contributed by atoms with Gasteiger partial charge in [-0.2, -0.15) is 0 Å². The van der Waals surface area contributed by atoms with E-state index in [0.717, 1.165) is 6.42 Å². The van der Waals surface area contributed by atoms with Crippen LogP contribution in [0.1, 0.15) is 34.1 Å². The average Bonchev–Trinajstić information content (AvgIpc) is 2.15. The highest BCUT2D eigenvalue weighted by Crippen LogP contribution is 2.20. The van der Waals surface area contributed by atoms with E-state index in [1.165, 1.54) is 0 Å². The van der Waals surface area contributed by atoms with Gasteiger partial charge in [-0.1, -0.05) is 6.92 Å². The Bertz CT molecular complexity index is 211. The molecule has 4 nitrogen and oxygen atoms in total. The lowest BCUT2D eigenvalue weighted by Gasteiger charge is -2.32. The highest BCUT2D eigenvalue weighted by atomic mass is 16.5. The number of rotatable bonds is 6. The van der Waals surface area contributed by atoms with Gasteiger partial charge in [0.1, 0.15) is 0 Å². The molecule has 0 aromatic rings. The number of hydrogen-bond donors (Lipinski definition) is 2. The van der Waals surface area contributed by atoms with Gasteiger partial charge < -0.3 is 15.8 Å². The van der Waals surface area contributed by atoms with Gasteiger partial charge in [0.2, 0.25) is 5.91 Å². The molecule has 90 valence electrons. The zero-order valence-electron chi connectivity index (χ0n) is 10.5. The summed E-state index contributed by atoms with van der Waals surface area (Å²) < 4.78 is 5.04. The molecule has 4 heteroatoms. The Hall–Kier alpha value is -0.610. The third-order valence-electron chi connectivity index (χ3n) is 2.74. The lowest BCUT2D eigenvalue weighted by atomic mass is 9.85. The van der Waals surface area contributed by atoms with Gasteiger partial charge in [0.15, 0.2) is 0 Å². The Kier molecular flexibility index (Phi) is 5.24. The van der Waals surface area contributed by atoms with Crippen LogP contribution < -0.4 is 11.1 Å². The normalized spacial score (nSPS) is 15.9. The predicted octanol–water partition coefficient (Wildman–Crippen LogP) is 0.903. The fourth-order valence-corrected chi connectivity index (χ4v) is 1.25. The number of hydrogen-bond acceptors (Lipinski definition) is 3. The molecule has 0 saturated heterocycles. The Morgan fingerprint density at radius 3 is 2.27 bits per heavy atom. The summed E-state index contributed by atoms with van der Waals surface area (Å²) in [7, 11) is 1.62. The molecule has 1 atom stereocenters. The third-order valence-corrected chi connectivity index (χ3v) is 2.74. The van der Waals surface area contributed by atoms with E-state index in [0.29, 0.717) is 13.2 Å². The van der Waals surface area contributed by atoms with Gasteiger partial charge in [-0.25, -0.2) is 0 Å². The summed E-state index contributed by atoms with van der Waals surface area (Å²) in [6, 6.07) is 0. The van der Waals surface area contributed by atoms with Gasteiger partial charge in [0, 0.05) is 13.7 Å². The van der Waals surface area contributed by atoms with Crippen LogP contribution in [0.2, 0.25) is 0 Å². The van der Waals surface area contributed by atoms with Gasteiger partial charge in [0.25, 0.3) is 0 Å². The van der Waals surface area contributed by atoms with Crippen molar-refractivity contribution in [1.82, 2.24) is 5.32 Å². The summed E-state index contributed by atoms with van der Waals surface area (Å²) in [5.74, 6) is -0.00505. The van der Waals surface area contributed by atoms with Gasteiger partial charge in [-0.15, -0.1) is 0 Å². The minimum atomic E-state index is -0.481. The lowest BCUT2D eigenvalue weighted by Crippen LogP contribution is -2.53. The molecule has 0 spiro atoms. The molecular formula is C11H24N2O2. The first-order chi connectivity index (χ1) is 6.81. The zero-order chi connectivity index (χ0) is 12.1. The summed E-state index contributed by atoms with van der Waals surface area (Å²) in [5, 5.41) is 2.96. The van der Waals surface area contributed by atoms with Crippen molar-refractivity contribution in [2.24, 2.45) is 11.1 Å². The van der Waals surface area contributed by atoms with Crippen molar-refractivity contribution in [1.29, 1.82) is 0 Å². The van der Waals surface area contributed by atoms with Crippen LogP contribution >= 0.6 is 0 Å². The van der Waals surface area contributed by atoms with Crippen LogP contribution in [0.5, 0.6) is 0 Å². The minimum absolute atomic E-state index is 0.00505. The maximum atomic E-state index is 12.0. The fraction of sp³-hybridized carbons (Fsp3) is 0.909. The van der Waals surface area contributed by atoms with E-state index in [-0.39, 0.29) is 11.4 Å². The molecule has 0 aliphatic rings. The molecule has 0 aromatic carbocycles. The molecule has 0 radical (unpaired) electrons. The van der Waals surface area contributed by atoms with Gasteiger partial charge in [-0.05, 0) is 27.2 Å². The summed E-state index contributed by atoms with van der Waals surface area (Å²) in [6.07, 6.45) is 0.735. The van der Waals surface area contributed by atoms with Crippen LogP contribution in [0.4, 0.5) is 0 Å². The van der Waals surface area contributed by atoms with Crippen molar-refractivity contribution in [3.8, 4) is 0 Å². The van der Waals surface area contributed by atoms with E-state index < -0.39 is 5.41 Å². The first kappa shape index (κ1) is 14.4. The Labute approximate surface area is 92.6 Å². The maximum Gasteiger partial charge on any atom is 0.227 e. The van der Waals surface area contributed by atoms with E-state index in [4.69, 9.17) is 10.5 Å². The summed E-state index contributed by atoms with van der Waals surface area (Å²) in [5.41, 5.74) is 4.79. The first-order valence-corrected chi connectivity index (χ1v) is 5.33. The average molecular weight is 216 g/mol. The minimum Gasteiger partial charge on any atom is -0.382 e. The molecule has 0 aliphatic heterocycles. The van der Waals surface area contributed by atoms with Crippen molar-refractivity contribution in [2.45, 2.75) is 39.7 Å². The topological polar surface area (TPSA) is 64.4 Å². The number of ether oxygens (including phenoxy) is 1. The smallest absolute Gasteiger partial charge is 0.227 e. The quantitative estimate of drug-likeness (QED) is 0.693. The molecule has 1 amide bonds. The number of carbonyl (C=O) groups excluding carboxylic acids is 1. The molecule has 0 fully saturated rings. The van der Waals surface area contributed by atoms with Crippen molar-refractivity contribution in [3.05, 3.63) is 0 Å².